The van der Waals surface area contributed by atoms with Crippen LogP contribution in [-0.2, 0) is 0 Å². The second-order valence-electron chi connectivity index (χ2n) is 3.26. The number of anilines is 1. The van der Waals surface area contributed by atoms with Crippen LogP contribution in [0.15, 0.2) is 15.6 Å². The van der Waals surface area contributed by atoms with E-state index in [1.165, 1.54) is 6.92 Å². The van der Waals surface area contributed by atoms with E-state index >= 15 is 0 Å². The molecular weight excluding hydrogens is 308 g/mol. The highest BCUT2D eigenvalue weighted by Gasteiger charge is 2.14. The minimum absolute atomic E-state index is 0.0560. The summed E-state index contributed by atoms with van der Waals surface area (Å²) in [4.78, 5) is 0. The van der Waals surface area contributed by atoms with Crippen molar-refractivity contribution in [1.82, 2.24) is 0 Å². The van der Waals surface area contributed by atoms with E-state index in [0.29, 0.717) is 0 Å². The van der Waals surface area contributed by atoms with Crippen LogP contribution in [0.2, 0.25) is 0 Å². The molecule has 0 heterocycles. The van der Waals surface area contributed by atoms with Gasteiger partial charge < -0.3 is 5.73 Å². The van der Waals surface area contributed by atoms with Crippen LogP contribution in [0.5, 0.6) is 0 Å². The van der Waals surface area contributed by atoms with E-state index in [4.69, 9.17) is 16.4 Å². The molecule has 8 heteroatoms. The average molecular weight is 316 g/mol. The molecule has 0 saturated heterocycles. The van der Waals surface area contributed by atoms with Crippen LogP contribution >= 0.6 is 15.9 Å². The van der Waals surface area contributed by atoms with Crippen LogP contribution in [-0.4, -0.2) is 11.5 Å². The Morgan fingerprint density at radius 2 is 2.17 bits per heavy atom. The van der Waals surface area contributed by atoms with Crippen molar-refractivity contribution < 1.29 is 8.78 Å². The van der Waals surface area contributed by atoms with Crippen LogP contribution in [0.25, 0.3) is 0 Å². The zero-order valence-corrected chi connectivity index (χ0v) is 10.8. The summed E-state index contributed by atoms with van der Waals surface area (Å²) in [6.07, 6.45) is 0. The molecule has 0 fully saturated rings. The van der Waals surface area contributed by atoms with E-state index in [0.717, 1.165) is 6.07 Å². The van der Waals surface area contributed by atoms with Crippen molar-refractivity contribution in [3.8, 4) is 6.07 Å². The Morgan fingerprint density at radius 3 is 2.67 bits per heavy atom. The van der Waals surface area contributed by atoms with Gasteiger partial charge in [0, 0.05) is 5.56 Å². The first kappa shape index (κ1) is 14.1. The third-order valence-corrected chi connectivity index (χ3v) is 2.60. The molecule has 0 aliphatic carbocycles. The number of nitriles is 1. The molecule has 0 radical (unpaired) electrons. The molecule has 0 aliphatic rings. The van der Waals surface area contributed by atoms with Gasteiger partial charge in [-0.2, -0.15) is 10.4 Å². The largest absolute Gasteiger partial charge is 0.382 e. The lowest BCUT2D eigenvalue weighted by atomic mass is 10.2. The van der Waals surface area contributed by atoms with Gasteiger partial charge in [-0.05, 0) is 28.9 Å². The summed E-state index contributed by atoms with van der Waals surface area (Å²) >= 11 is 2.92. The van der Waals surface area contributed by atoms with E-state index in [-0.39, 0.29) is 15.7 Å². The number of halogens is 3. The highest BCUT2D eigenvalue weighted by atomic mass is 79.9. The maximum Gasteiger partial charge on any atom is 0.201 e. The first-order valence-electron chi connectivity index (χ1n) is 4.60. The van der Waals surface area contributed by atoms with E-state index in [1.54, 1.807) is 6.07 Å². The number of nitrogens with two attached hydrogens (primary N) is 1. The Kier molecular flexibility index (Phi) is 4.33. The van der Waals surface area contributed by atoms with Crippen molar-refractivity contribution in [2.75, 3.05) is 5.43 Å². The molecule has 94 valence electrons. The molecule has 0 aliphatic heterocycles. The predicted octanol–water partition coefficient (Wildman–Crippen LogP) is 2.26. The maximum absolute atomic E-state index is 13.6. The molecule has 0 amide bonds. The van der Waals surface area contributed by atoms with Gasteiger partial charge in [0.1, 0.15) is 11.9 Å². The molecule has 0 bridgehead atoms. The number of amidine groups is 1. The molecule has 0 aromatic heterocycles. The molecular formula is C10H8BrF2N5. The first-order valence-corrected chi connectivity index (χ1v) is 5.40. The van der Waals surface area contributed by atoms with Crippen molar-refractivity contribution in [1.29, 1.82) is 10.7 Å². The van der Waals surface area contributed by atoms with E-state index in [1.807, 2.05) is 0 Å². The smallest absolute Gasteiger partial charge is 0.201 e. The standard InChI is InChI=1S/C10H8BrF2N5/c1-4-8(12)5(11)2-6(9(4)13)17-18-7(3-14)10(15)16/h2,17H,1H3,(H3,15,16)/b18-7+. The maximum atomic E-state index is 13.6. The quantitative estimate of drug-likeness (QED) is 0.345. The Balaban J connectivity index is 3.15. The number of rotatable bonds is 3. The summed E-state index contributed by atoms with van der Waals surface area (Å²) in [6.45, 7) is 1.26. The molecule has 4 N–H and O–H groups in total. The van der Waals surface area contributed by atoms with Crippen LogP contribution in [0, 0.1) is 35.3 Å². The fraction of sp³-hybridized carbons (Fsp3) is 0.100. The minimum atomic E-state index is -0.833. The summed E-state index contributed by atoms with van der Waals surface area (Å²) < 4.78 is 27.0. The number of hydrogen-bond donors (Lipinski definition) is 3. The Morgan fingerprint density at radius 1 is 1.56 bits per heavy atom. The summed E-state index contributed by atoms with van der Waals surface area (Å²) in [6, 6.07) is 2.70. The molecule has 0 atom stereocenters. The zero-order chi connectivity index (χ0) is 13.9. The van der Waals surface area contributed by atoms with Crippen molar-refractivity contribution >= 4 is 33.2 Å². The Labute approximate surface area is 110 Å². The van der Waals surface area contributed by atoms with Crippen molar-refractivity contribution in [3.63, 3.8) is 0 Å². The number of hydrogen-bond acceptors (Lipinski definition) is 4. The molecule has 0 unspecified atom stereocenters. The average Bonchev–Trinajstić information content (AvgIpc) is 2.33. The van der Waals surface area contributed by atoms with E-state index < -0.39 is 23.2 Å². The second-order valence-corrected chi connectivity index (χ2v) is 4.11. The van der Waals surface area contributed by atoms with Crippen molar-refractivity contribution in [3.05, 3.63) is 27.7 Å². The molecule has 0 spiro atoms. The van der Waals surface area contributed by atoms with Gasteiger partial charge in [0.15, 0.2) is 11.7 Å². The summed E-state index contributed by atoms with van der Waals surface area (Å²) in [5.74, 6) is -2.10. The van der Waals surface area contributed by atoms with Crippen LogP contribution in [0.1, 0.15) is 5.56 Å². The monoisotopic (exact) mass is 315 g/mol. The highest BCUT2D eigenvalue weighted by Crippen LogP contribution is 2.27. The van der Waals surface area contributed by atoms with Gasteiger partial charge in [-0.25, -0.2) is 8.78 Å². The normalized spacial score (nSPS) is 10.9. The lowest BCUT2D eigenvalue weighted by Gasteiger charge is -2.07. The Bertz CT molecular complexity index is 577. The van der Waals surface area contributed by atoms with Crippen molar-refractivity contribution in [2.45, 2.75) is 6.92 Å². The van der Waals surface area contributed by atoms with Gasteiger partial charge in [0.2, 0.25) is 5.71 Å². The lowest BCUT2D eigenvalue weighted by molar-refractivity contribution is 0.566. The fourth-order valence-corrected chi connectivity index (χ4v) is 1.60. The fourth-order valence-electron chi connectivity index (χ4n) is 1.07. The lowest BCUT2D eigenvalue weighted by Crippen LogP contribution is -2.22. The van der Waals surface area contributed by atoms with Crippen LogP contribution in [0.4, 0.5) is 14.5 Å². The third kappa shape index (κ3) is 2.81. The molecule has 5 nitrogen and oxygen atoms in total. The van der Waals surface area contributed by atoms with E-state index in [9.17, 15) is 8.78 Å². The number of nitrogens with one attached hydrogen (secondary N) is 2. The number of hydrazone groups is 1. The number of benzene rings is 1. The van der Waals surface area contributed by atoms with Gasteiger partial charge >= 0.3 is 0 Å². The second kappa shape index (κ2) is 5.55. The van der Waals surface area contributed by atoms with Crippen LogP contribution < -0.4 is 11.2 Å². The van der Waals surface area contributed by atoms with Crippen LogP contribution in [0.3, 0.4) is 0 Å². The predicted molar refractivity (Wildman–Crippen MR) is 67.4 cm³/mol. The highest BCUT2D eigenvalue weighted by molar-refractivity contribution is 9.10. The zero-order valence-electron chi connectivity index (χ0n) is 9.18. The van der Waals surface area contributed by atoms with Gasteiger partial charge in [-0.15, -0.1) is 0 Å². The molecule has 1 aromatic rings. The van der Waals surface area contributed by atoms with Gasteiger partial charge in [0.25, 0.3) is 0 Å². The summed E-state index contributed by atoms with van der Waals surface area (Å²) in [7, 11) is 0. The summed E-state index contributed by atoms with van der Waals surface area (Å²) in [5.41, 5.74) is 6.57. The third-order valence-electron chi connectivity index (χ3n) is 2.02. The van der Waals surface area contributed by atoms with Crippen molar-refractivity contribution in [2.24, 2.45) is 10.8 Å². The molecule has 0 saturated carbocycles. The molecule has 1 aromatic carbocycles. The first-order chi connectivity index (χ1) is 8.38. The summed E-state index contributed by atoms with van der Waals surface area (Å²) in [5, 5.41) is 19.1. The van der Waals surface area contributed by atoms with Gasteiger partial charge in [-0.3, -0.25) is 10.8 Å². The topological polar surface area (TPSA) is 98.0 Å². The molecule has 18 heavy (non-hydrogen) atoms. The SMILES string of the molecule is Cc1c(F)c(Br)cc(N/N=C(\C#N)C(=N)N)c1F. The Hall–Kier alpha value is -2.01. The minimum Gasteiger partial charge on any atom is -0.382 e. The van der Waals surface area contributed by atoms with E-state index in [2.05, 4.69) is 26.5 Å². The van der Waals surface area contributed by atoms with Gasteiger partial charge in [0.05, 0.1) is 10.2 Å². The number of nitrogens with zero attached hydrogens (tertiary/aromatic N) is 2. The molecule has 1 rings (SSSR count). The van der Waals surface area contributed by atoms with Gasteiger partial charge in [-0.1, -0.05) is 0 Å².